The van der Waals surface area contributed by atoms with Crippen molar-refractivity contribution < 1.29 is 9.21 Å². The summed E-state index contributed by atoms with van der Waals surface area (Å²) in [6, 6.07) is 8.35. The quantitative estimate of drug-likeness (QED) is 0.918. The summed E-state index contributed by atoms with van der Waals surface area (Å²) in [6.07, 6.45) is 2.16. The van der Waals surface area contributed by atoms with Crippen LogP contribution in [0.5, 0.6) is 0 Å². The van der Waals surface area contributed by atoms with E-state index in [1.54, 1.807) is 4.90 Å². The van der Waals surface area contributed by atoms with Crippen LogP contribution in [0.1, 0.15) is 31.2 Å². The SMILES string of the molecule is CCCc1nnc(NC2CC(=O)N(c3cccc(C)c3)C2)o1. The van der Waals surface area contributed by atoms with E-state index < -0.39 is 0 Å². The number of carbonyl (C=O) groups is 1. The Morgan fingerprint density at radius 1 is 1.41 bits per heavy atom. The Labute approximate surface area is 129 Å². The van der Waals surface area contributed by atoms with Gasteiger partial charge in [-0.2, -0.15) is 0 Å². The van der Waals surface area contributed by atoms with Gasteiger partial charge in [0.25, 0.3) is 0 Å². The highest BCUT2D eigenvalue weighted by atomic mass is 16.4. The van der Waals surface area contributed by atoms with E-state index >= 15 is 0 Å². The van der Waals surface area contributed by atoms with E-state index in [4.69, 9.17) is 4.42 Å². The molecule has 1 atom stereocenters. The van der Waals surface area contributed by atoms with Crippen molar-refractivity contribution in [3.8, 4) is 0 Å². The van der Waals surface area contributed by atoms with Gasteiger partial charge in [-0.25, -0.2) is 0 Å². The molecule has 6 nitrogen and oxygen atoms in total. The number of benzene rings is 1. The molecule has 1 saturated heterocycles. The van der Waals surface area contributed by atoms with E-state index in [1.807, 2.05) is 31.2 Å². The summed E-state index contributed by atoms with van der Waals surface area (Å²) in [6.45, 7) is 4.69. The Bertz CT molecular complexity index is 668. The number of nitrogens with zero attached hydrogens (tertiary/aromatic N) is 3. The van der Waals surface area contributed by atoms with Crippen molar-refractivity contribution >= 4 is 17.6 Å². The minimum atomic E-state index is -0.0112. The molecule has 0 spiro atoms. The van der Waals surface area contributed by atoms with Gasteiger partial charge in [-0.05, 0) is 31.0 Å². The van der Waals surface area contributed by atoms with Crippen LogP contribution in [0, 0.1) is 6.92 Å². The third-order valence-electron chi connectivity index (χ3n) is 3.70. The van der Waals surface area contributed by atoms with Crippen LogP contribution in [-0.2, 0) is 11.2 Å². The number of aromatic nitrogens is 2. The maximum Gasteiger partial charge on any atom is 0.315 e. The molecule has 22 heavy (non-hydrogen) atoms. The molecule has 1 fully saturated rings. The summed E-state index contributed by atoms with van der Waals surface area (Å²) in [7, 11) is 0. The minimum Gasteiger partial charge on any atom is -0.408 e. The molecule has 1 amide bonds. The van der Waals surface area contributed by atoms with Crippen molar-refractivity contribution in [1.29, 1.82) is 0 Å². The van der Waals surface area contributed by atoms with E-state index in [0.29, 0.717) is 24.9 Å². The second kappa shape index (κ2) is 6.17. The highest BCUT2D eigenvalue weighted by Gasteiger charge is 2.31. The molecule has 2 heterocycles. The number of hydrogen-bond acceptors (Lipinski definition) is 5. The van der Waals surface area contributed by atoms with Gasteiger partial charge in [-0.15, -0.1) is 5.10 Å². The van der Waals surface area contributed by atoms with Crippen LogP contribution >= 0.6 is 0 Å². The summed E-state index contributed by atoms with van der Waals surface area (Å²) >= 11 is 0. The predicted octanol–water partition coefficient (Wildman–Crippen LogP) is 2.55. The van der Waals surface area contributed by atoms with E-state index in [1.165, 1.54) is 0 Å². The van der Waals surface area contributed by atoms with Crippen molar-refractivity contribution in [2.75, 3.05) is 16.8 Å². The summed E-state index contributed by atoms with van der Waals surface area (Å²) in [4.78, 5) is 14.0. The summed E-state index contributed by atoms with van der Waals surface area (Å²) in [5.41, 5.74) is 2.08. The highest BCUT2D eigenvalue weighted by molar-refractivity contribution is 5.96. The highest BCUT2D eigenvalue weighted by Crippen LogP contribution is 2.24. The topological polar surface area (TPSA) is 71.3 Å². The lowest BCUT2D eigenvalue weighted by Crippen LogP contribution is -2.27. The molecule has 1 aliphatic rings. The van der Waals surface area contributed by atoms with E-state index in [2.05, 4.69) is 22.4 Å². The molecule has 116 valence electrons. The minimum absolute atomic E-state index is 0.0112. The van der Waals surface area contributed by atoms with Crippen LogP contribution in [0.4, 0.5) is 11.7 Å². The first-order chi connectivity index (χ1) is 10.7. The van der Waals surface area contributed by atoms with Gasteiger partial charge >= 0.3 is 6.01 Å². The first-order valence-corrected chi connectivity index (χ1v) is 7.61. The molecular weight excluding hydrogens is 280 g/mol. The van der Waals surface area contributed by atoms with Crippen molar-refractivity contribution in [3.63, 3.8) is 0 Å². The number of aryl methyl sites for hydroxylation is 2. The Morgan fingerprint density at radius 2 is 2.27 bits per heavy atom. The zero-order valence-corrected chi connectivity index (χ0v) is 12.9. The number of anilines is 2. The fourth-order valence-electron chi connectivity index (χ4n) is 2.65. The average molecular weight is 300 g/mol. The second-order valence-corrected chi connectivity index (χ2v) is 5.64. The van der Waals surface area contributed by atoms with E-state index in [-0.39, 0.29) is 11.9 Å². The lowest BCUT2D eigenvalue weighted by Gasteiger charge is -2.17. The molecule has 1 aromatic heterocycles. The Kier molecular flexibility index (Phi) is 4.09. The smallest absolute Gasteiger partial charge is 0.315 e. The van der Waals surface area contributed by atoms with Gasteiger partial charge in [0.15, 0.2) is 0 Å². The zero-order chi connectivity index (χ0) is 15.5. The molecule has 3 rings (SSSR count). The summed E-state index contributed by atoms with van der Waals surface area (Å²) in [5.74, 6) is 0.737. The van der Waals surface area contributed by atoms with E-state index in [9.17, 15) is 4.79 Å². The van der Waals surface area contributed by atoms with Crippen LogP contribution in [0.2, 0.25) is 0 Å². The molecule has 0 aliphatic carbocycles. The van der Waals surface area contributed by atoms with Gasteiger partial charge in [-0.3, -0.25) is 4.79 Å². The third-order valence-corrected chi connectivity index (χ3v) is 3.70. The monoisotopic (exact) mass is 300 g/mol. The maximum absolute atomic E-state index is 12.2. The molecule has 0 saturated carbocycles. The fourth-order valence-corrected chi connectivity index (χ4v) is 2.65. The molecule has 0 radical (unpaired) electrons. The van der Waals surface area contributed by atoms with Crippen molar-refractivity contribution in [1.82, 2.24) is 10.2 Å². The summed E-state index contributed by atoms with van der Waals surface area (Å²) < 4.78 is 5.52. The van der Waals surface area contributed by atoms with Crippen LogP contribution in [0.3, 0.4) is 0 Å². The summed E-state index contributed by atoms with van der Waals surface area (Å²) in [5, 5.41) is 11.1. The van der Waals surface area contributed by atoms with Crippen molar-refractivity contribution in [3.05, 3.63) is 35.7 Å². The molecule has 1 aromatic carbocycles. The third kappa shape index (κ3) is 3.10. The Hall–Kier alpha value is -2.37. The molecule has 1 aliphatic heterocycles. The predicted molar refractivity (Wildman–Crippen MR) is 83.9 cm³/mol. The van der Waals surface area contributed by atoms with Gasteiger partial charge in [0, 0.05) is 25.1 Å². The molecular formula is C16H20N4O2. The second-order valence-electron chi connectivity index (χ2n) is 5.64. The fraction of sp³-hybridized carbons (Fsp3) is 0.438. The number of hydrogen-bond donors (Lipinski definition) is 1. The number of carbonyl (C=O) groups excluding carboxylic acids is 1. The Morgan fingerprint density at radius 3 is 3.05 bits per heavy atom. The molecule has 0 bridgehead atoms. The number of nitrogens with one attached hydrogen (secondary N) is 1. The van der Waals surface area contributed by atoms with Crippen LogP contribution < -0.4 is 10.2 Å². The van der Waals surface area contributed by atoms with Crippen LogP contribution in [0.15, 0.2) is 28.7 Å². The van der Waals surface area contributed by atoms with Gasteiger partial charge in [0.05, 0.1) is 6.04 Å². The first kappa shape index (κ1) is 14.6. The van der Waals surface area contributed by atoms with Gasteiger partial charge in [0.2, 0.25) is 11.8 Å². The number of amides is 1. The standard InChI is InChI=1S/C16H20N4O2/c1-3-5-14-18-19-16(22-14)17-12-9-15(21)20(10-12)13-7-4-6-11(2)8-13/h4,6-8,12H,3,5,9-10H2,1-2H3,(H,17,19). The molecule has 1 N–H and O–H groups in total. The van der Waals surface area contributed by atoms with Gasteiger partial charge < -0.3 is 14.6 Å². The first-order valence-electron chi connectivity index (χ1n) is 7.61. The van der Waals surface area contributed by atoms with Crippen molar-refractivity contribution in [2.45, 2.75) is 39.2 Å². The normalized spacial score (nSPS) is 18.0. The van der Waals surface area contributed by atoms with E-state index in [0.717, 1.165) is 24.1 Å². The molecule has 1 unspecified atom stereocenters. The van der Waals surface area contributed by atoms with Gasteiger partial charge in [0.1, 0.15) is 0 Å². The van der Waals surface area contributed by atoms with Gasteiger partial charge in [-0.1, -0.05) is 24.2 Å². The molecule has 6 heteroatoms. The number of rotatable bonds is 5. The van der Waals surface area contributed by atoms with Crippen molar-refractivity contribution in [2.24, 2.45) is 0 Å². The lowest BCUT2D eigenvalue weighted by atomic mass is 10.2. The van der Waals surface area contributed by atoms with Crippen LogP contribution in [-0.4, -0.2) is 28.7 Å². The maximum atomic E-state index is 12.2. The largest absolute Gasteiger partial charge is 0.408 e. The zero-order valence-electron chi connectivity index (χ0n) is 12.9. The molecule has 2 aromatic rings. The van der Waals surface area contributed by atoms with Crippen LogP contribution in [0.25, 0.3) is 0 Å². The average Bonchev–Trinajstić information content (AvgIpc) is 3.06. The Balaban J connectivity index is 1.66. The lowest BCUT2D eigenvalue weighted by molar-refractivity contribution is -0.117.